The predicted octanol–water partition coefficient (Wildman–Crippen LogP) is 2.25. The van der Waals surface area contributed by atoms with Gasteiger partial charge >= 0.3 is 0 Å². The van der Waals surface area contributed by atoms with E-state index < -0.39 is 10.8 Å². The Labute approximate surface area is 153 Å². The van der Waals surface area contributed by atoms with Gasteiger partial charge in [0.05, 0.1) is 6.54 Å². The van der Waals surface area contributed by atoms with Gasteiger partial charge in [0, 0.05) is 53.8 Å². The van der Waals surface area contributed by atoms with Crippen molar-refractivity contribution in [3.8, 4) is 0 Å². The maximum absolute atomic E-state index is 12.0. The van der Waals surface area contributed by atoms with E-state index in [-0.39, 0.29) is 28.7 Å². The summed E-state index contributed by atoms with van der Waals surface area (Å²) in [6.45, 7) is 10.1. The van der Waals surface area contributed by atoms with E-state index in [1.807, 2.05) is 45.5 Å². The largest absolute Gasteiger partial charge is 0.357 e. The number of halogens is 1. The minimum absolute atomic E-state index is 0. The SMILES string of the molecule is CCNC(=NCc1ccn(C)c1)NCCS(=O)C(C)(C)C.I. The molecule has 0 aliphatic rings. The number of aryl methyl sites for hydroxylation is 1. The normalized spacial score (nSPS) is 13.4. The highest BCUT2D eigenvalue weighted by molar-refractivity contribution is 14.0. The molecule has 1 aromatic rings. The van der Waals surface area contributed by atoms with Crippen LogP contribution in [0.1, 0.15) is 33.3 Å². The molecule has 0 spiro atoms. The molecule has 0 saturated carbocycles. The van der Waals surface area contributed by atoms with Gasteiger partial charge in [0.1, 0.15) is 0 Å². The molecule has 0 fully saturated rings. The number of rotatable bonds is 6. The van der Waals surface area contributed by atoms with Crippen molar-refractivity contribution in [3.05, 3.63) is 24.0 Å². The smallest absolute Gasteiger partial charge is 0.191 e. The van der Waals surface area contributed by atoms with E-state index in [0.29, 0.717) is 18.8 Å². The maximum Gasteiger partial charge on any atom is 0.191 e. The van der Waals surface area contributed by atoms with Crippen molar-refractivity contribution >= 4 is 40.7 Å². The lowest BCUT2D eigenvalue weighted by molar-refractivity contribution is 0.647. The number of hydrogen-bond acceptors (Lipinski definition) is 2. The van der Waals surface area contributed by atoms with Crippen molar-refractivity contribution in [2.45, 2.75) is 39.0 Å². The van der Waals surface area contributed by atoms with Crippen molar-refractivity contribution < 1.29 is 4.21 Å². The van der Waals surface area contributed by atoms with Crippen LogP contribution >= 0.6 is 24.0 Å². The van der Waals surface area contributed by atoms with E-state index in [1.165, 1.54) is 5.56 Å². The van der Waals surface area contributed by atoms with Gasteiger partial charge in [-0.2, -0.15) is 0 Å². The first-order valence-electron chi connectivity index (χ1n) is 7.34. The summed E-state index contributed by atoms with van der Waals surface area (Å²) >= 11 is 0. The van der Waals surface area contributed by atoms with Gasteiger partial charge < -0.3 is 15.2 Å². The molecule has 22 heavy (non-hydrogen) atoms. The average Bonchev–Trinajstić information content (AvgIpc) is 2.80. The highest BCUT2D eigenvalue weighted by atomic mass is 127. The molecule has 0 aromatic carbocycles. The Balaban J connectivity index is 0.00000441. The molecule has 0 saturated heterocycles. The van der Waals surface area contributed by atoms with Gasteiger partial charge in [0.25, 0.3) is 0 Å². The number of nitrogens with one attached hydrogen (secondary N) is 2. The van der Waals surface area contributed by atoms with Crippen molar-refractivity contribution in [1.82, 2.24) is 15.2 Å². The predicted molar refractivity (Wildman–Crippen MR) is 106 cm³/mol. The molecule has 0 aliphatic carbocycles. The van der Waals surface area contributed by atoms with Crippen molar-refractivity contribution in [3.63, 3.8) is 0 Å². The first kappa shape index (κ1) is 21.4. The zero-order chi connectivity index (χ0) is 15.9. The number of guanidine groups is 1. The van der Waals surface area contributed by atoms with Crippen LogP contribution in [0.15, 0.2) is 23.5 Å². The van der Waals surface area contributed by atoms with E-state index >= 15 is 0 Å². The maximum atomic E-state index is 12.0. The molecule has 1 atom stereocenters. The third-order valence-corrected chi connectivity index (χ3v) is 4.86. The van der Waals surface area contributed by atoms with Crippen LogP contribution in [0.2, 0.25) is 0 Å². The van der Waals surface area contributed by atoms with E-state index in [0.717, 1.165) is 12.5 Å². The molecular formula is C15H29IN4OS. The zero-order valence-electron chi connectivity index (χ0n) is 14.2. The second-order valence-corrected chi connectivity index (χ2v) is 8.29. The lowest BCUT2D eigenvalue weighted by Crippen LogP contribution is -2.40. The van der Waals surface area contributed by atoms with Crippen molar-refractivity contribution in [1.29, 1.82) is 0 Å². The molecular weight excluding hydrogens is 411 g/mol. The fourth-order valence-corrected chi connectivity index (χ4v) is 2.63. The van der Waals surface area contributed by atoms with Crippen LogP contribution in [0.3, 0.4) is 0 Å². The lowest BCUT2D eigenvalue weighted by Gasteiger charge is -2.18. The zero-order valence-corrected chi connectivity index (χ0v) is 17.3. The fourth-order valence-electron chi connectivity index (χ4n) is 1.73. The third kappa shape index (κ3) is 8.17. The van der Waals surface area contributed by atoms with Crippen LogP contribution < -0.4 is 10.6 Å². The third-order valence-electron chi connectivity index (χ3n) is 2.92. The summed E-state index contributed by atoms with van der Waals surface area (Å²) in [5.74, 6) is 1.39. The van der Waals surface area contributed by atoms with Gasteiger partial charge in [0.2, 0.25) is 0 Å². The van der Waals surface area contributed by atoms with E-state index in [9.17, 15) is 4.21 Å². The van der Waals surface area contributed by atoms with Gasteiger partial charge in [-0.05, 0) is 39.3 Å². The Bertz CT molecular complexity index is 494. The summed E-state index contributed by atoms with van der Waals surface area (Å²) in [5.41, 5.74) is 1.17. The Hall–Kier alpha value is -0.570. The second kappa shape index (κ2) is 10.3. The Morgan fingerprint density at radius 1 is 1.36 bits per heavy atom. The molecule has 0 radical (unpaired) electrons. The fraction of sp³-hybridized carbons (Fsp3) is 0.667. The van der Waals surface area contributed by atoms with E-state index in [4.69, 9.17) is 0 Å². The number of aliphatic imine (C=N–C) groups is 1. The molecule has 7 heteroatoms. The summed E-state index contributed by atoms with van der Waals surface area (Å²) in [6, 6.07) is 2.06. The quantitative estimate of drug-likeness (QED) is 0.405. The number of nitrogens with zero attached hydrogens (tertiary/aromatic N) is 2. The highest BCUT2D eigenvalue weighted by Crippen LogP contribution is 2.10. The van der Waals surface area contributed by atoms with Gasteiger partial charge in [0.15, 0.2) is 5.96 Å². The minimum Gasteiger partial charge on any atom is -0.357 e. The number of hydrogen-bond donors (Lipinski definition) is 2. The monoisotopic (exact) mass is 440 g/mol. The first-order valence-corrected chi connectivity index (χ1v) is 8.66. The lowest BCUT2D eigenvalue weighted by atomic mass is 10.3. The van der Waals surface area contributed by atoms with E-state index in [2.05, 4.69) is 27.9 Å². The number of aromatic nitrogens is 1. The molecule has 5 nitrogen and oxygen atoms in total. The molecule has 1 rings (SSSR count). The van der Waals surface area contributed by atoms with Crippen LogP contribution in [0, 0.1) is 0 Å². The molecule has 1 unspecified atom stereocenters. The molecule has 1 heterocycles. The topological polar surface area (TPSA) is 58.4 Å². The standard InChI is InChI=1S/C15H28N4OS.HI/c1-6-16-14(17-8-10-21(20)15(2,3)4)18-11-13-7-9-19(5)12-13;/h7,9,12H,6,8,10-11H2,1-5H3,(H2,16,17,18);1H. The second-order valence-electron chi connectivity index (χ2n) is 5.97. The van der Waals surface area contributed by atoms with Crippen molar-refractivity contribution in [2.75, 3.05) is 18.8 Å². The van der Waals surface area contributed by atoms with Crippen LogP contribution in [-0.4, -0.2) is 38.3 Å². The Morgan fingerprint density at radius 2 is 2.05 bits per heavy atom. The van der Waals surface area contributed by atoms with Gasteiger partial charge in [-0.15, -0.1) is 24.0 Å². The first-order chi connectivity index (χ1) is 9.82. The van der Waals surface area contributed by atoms with Gasteiger partial charge in [-0.25, -0.2) is 4.99 Å². The average molecular weight is 440 g/mol. The summed E-state index contributed by atoms with van der Waals surface area (Å²) in [6.07, 6.45) is 4.07. The van der Waals surface area contributed by atoms with Gasteiger partial charge in [-0.1, -0.05) is 0 Å². The highest BCUT2D eigenvalue weighted by Gasteiger charge is 2.18. The van der Waals surface area contributed by atoms with Crippen LogP contribution in [0.25, 0.3) is 0 Å². The summed E-state index contributed by atoms with van der Waals surface area (Å²) in [5, 5.41) is 6.45. The Morgan fingerprint density at radius 3 is 2.55 bits per heavy atom. The van der Waals surface area contributed by atoms with Crippen LogP contribution in [0.5, 0.6) is 0 Å². The molecule has 0 aliphatic heterocycles. The summed E-state index contributed by atoms with van der Waals surface area (Å²) in [7, 11) is 1.16. The summed E-state index contributed by atoms with van der Waals surface area (Å²) < 4.78 is 13.8. The van der Waals surface area contributed by atoms with Crippen LogP contribution in [-0.2, 0) is 24.4 Å². The van der Waals surface area contributed by atoms with Crippen LogP contribution in [0.4, 0.5) is 0 Å². The minimum atomic E-state index is -0.843. The molecule has 128 valence electrons. The molecule has 0 amide bonds. The summed E-state index contributed by atoms with van der Waals surface area (Å²) in [4.78, 5) is 4.54. The van der Waals surface area contributed by atoms with Gasteiger partial charge in [-0.3, -0.25) is 4.21 Å². The van der Waals surface area contributed by atoms with E-state index in [1.54, 1.807) is 0 Å². The molecule has 1 aromatic heterocycles. The van der Waals surface area contributed by atoms with Crippen molar-refractivity contribution in [2.24, 2.45) is 12.0 Å². The molecule has 2 N–H and O–H groups in total. The molecule has 0 bridgehead atoms. The Kier molecular flexibility index (Phi) is 9.99.